The second kappa shape index (κ2) is 11.2. The van der Waals surface area contributed by atoms with Crippen LogP contribution in [-0.2, 0) is 20.8 Å². The Bertz CT molecular complexity index is 671. The van der Waals surface area contributed by atoms with Crippen molar-refractivity contribution >= 4 is 34.0 Å². The van der Waals surface area contributed by atoms with Gasteiger partial charge in [0.25, 0.3) is 0 Å². The molecule has 0 aromatic heterocycles. The summed E-state index contributed by atoms with van der Waals surface area (Å²) in [5, 5.41) is 5.57. The largest absolute Gasteiger partial charge is 0.412 e. The van der Waals surface area contributed by atoms with Gasteiger partial charge >= 0.3 is 0 Å². The van der Waals surface area contributed by atoms with E-state index in [4.69, 9.17) is 5.73 Å². The number of rotatable bonds is 7. The van der Waals surface area contributed by atoms with Crippen molar-refractivity contribution in [1.82, 2.24) is 15.5 Å². The number of carbonyl (C=O) groups excluding carboxylic acids is 3. The van der Waals surface area contributed by atoms with Crippen molar-refractivity contribution in [1.29, 1.82) is 0 Å². The van der Waals surface area contributed by atoms with Gasteiger partial charge in [-0.2, -0.15) is 0 Å². The Balaban J connectivity index is 0.00000392. The fourth-order valence-electron chi connectivity index (χ4n) is 3.16. The van der Waals surface area contributed by atoms with Crippen LogP contribution in [0.15, 0.2) is 30.3 Å². The maximum absolute atomic E-state index is 12.7. The van der Waals surface area contributed by atoms with Crippen molar-refractivity contribution < 1.29 is 19.9 Å². The molecule has 0 aliphatic carbocycles. The predicted molar refractivity (Wildman–Crippen MR) is 107 cm³/mol. The van der Waals surface area contributed by atoms with E-state index in [1.807, 2.05) is 30.3 Å². The Morgan fingerprint density at radius 3 is 2.46 bits per heavy atom. The number of hydrogen-bond donors (Lipinski definition) is 3. The molecule has 3 amide bonds. The molecule has 4 atom stereocenters. The highest BCUT2D eigenvalue weighted by Gasteiger charge is 2.36. The minimum atomic E-state index is -0.715. The molecule has 2 radical (unpaired) electrons. The van der Waals surface area contributed by atoms with Crippen LogP contribution < -0.4 is 16.4 Å². The number of nitrogens with zero attached hydrogens (tertiary/aromatic N) is 1. The van der Waals surface area contributed by atoms with Crippen molar-refractivity contribution in [3.8, 4) is 0 Å². The molecule has 0 unspecified atom stereocenters. The lowest BCUT2D eigenvalue weighted by Gasteiger charge is -2.28. The highest BCUT2D eigenvalue weighted by molar-refractivity contribution is 6.13. The molecule has 1 fully saturated rings. The minimum Gasteiger partial charge on any atom is -0.412 e. The molecular formula is C19H29AlN4O4. The molecule has 8 nitrogen and oxygen atoms in total. The van der Waals surface area contributed by atoms with E-state index < -0.39 is 18.1 Å². The fourth-order valence-corrected chi connectivity index (χ4v) is 3.59. The van der Waals surface area contributed by atoms with Crippen molar-refractivity contribution in [2.75, 3.05) is 6.54 Å². The standard InChI is InChI=1S/C19H27N4O3.Al.H2O/c1-13(20)17(24)22-14(2)19(26)23-12-6-9-16(23)18(25)21-11-10-15-7-4-3-5-8-15;;/h3-5,7-8,11,13-14,16H,6,9-10,12,20H2,1-2H3,(H,21,25)(H,22,24);;1H2/t13-,14-,16-;;/m0../s1. The molecule has 6 N–H and O–H groups in total. The SMILES string of the molecule is C[C@H](N)C(=O)N[C@@H](C)C(=O)N1CCC[C@H]1C(=O)N[C@H]([Al])Cc1ccccc1.O. The molecule has 28 heavy (non-hydrogen) atoms. The van der Waals surface area contributed by atoms with Crippen LogP contribution in [0.2, 0.25) is 0 Å². The summed E-state index contributed by atoms with van der Waals surface area (Å²) in [6.07, 6.45) is 2.07. The van der Waals surface area contributed by atoms with E-state index in [1.54, 1.807) is 18.7 Å². The van der Waals surface area contributed by atoms with E-state index in [1.165, 1.54) is 0 Å². The molecular weight excluding hydrogens is 375 g/mol. The second-order valence-electron chi connectivity index (χ2n) is 7.01. The maximum Gasteiger partial charge on any atom is 0.245 e. The molecule has 1 saturated heterocycles. The molecule has 152 valence electrons. The number of hydrogen-bond acceptors (Lipinski definition) is 4. The number of nitrogens with two attached hydrogens (primary N) is 1. The molecule has 0 spiro atoms. The fraction of sp³-hybridized carbons (Fsp3) is 0.526. The first-order chi connectivity index (χ1) is 12.8. The Morgan fingerprint density at radius 1 is 1.21 bits per heavy atom. The molecule has 1 aromatic carbocycles. The lowest BCUT2D eigenvalue weighted by molar-refractivity contribution is -0.141. The Hall–Kier alpha value is -1.92. The van der Waals surface area contributed by atoms with E-state index in [2.05, 4.69) is 26.9 Å². The van der Waals surface area contributed by atoms with Crippen molar-refractivity contribution in [3.05, 3.63) is 35.9 Å². The van der Waals surface area contributed by atoms with E-state index in [0.29, 0.717) is 19.4 Å². The van der Waals surface area contributed by atoms with Crippen LogP contribution in [0.1, 0.15) is 32.3 Å². The quantitative estimate of drug-likeness (QED) is 0.495. The summed E-state index contributed by atoms with van der Waals surface area (Å²) in [6.45, 7) is 3.68. The number of amides is 3. The molecule has 1 aliphatic heterocycles. The van der Waals surface area contributed by atoms with Gasteiger partial charge in [-0.25, -0.2) is 0 Å². The highest BCUT2D eigenvalue weighted by Crippen LogP contribution is 2.19. The van der Waals surface area contributed by atoms with E-state index >= 15 is 0 Å². The first kappa shape index (κ1) is 24.1. The second-order valence-corrected chi connectivity index (χ2v) is 7.82. The van der Waals surface area contributed by atoms with Gasteiger partial charge in [-0.1, -0.05) is 30.3 Å². The Morgan fingerprint density at radius 2 is 1.86 bits per heavy atom. The molecule has 0 saturated carbocycles. The van der Waals surface area contributed by atoms with Gasteiger partial charge in [0.2, 0.25) is 17.7 Å². The topological polar surface area (TPSA) is 136 Å². The van der Waals surface area contributed by atoms with Gasteiger partial charge < -0.3 is 26.7 Å². The zero-order valence-corrected chi connectivity index (χ0v) is 17.5. The minimum absolute atomic E-state index is 0. The van der Waals surface area contributed by atoms with Gasteiger partial charge in [0, 0.05) is 6.54 Å². The normalized spacial score (nSPS) is 19.1. The van der Waals surface area contributed by atoms with Crippen molar-refractivity contribution in [2.45, 2.75) is 56.1 Å². The van der Waals surface area contributed by atoms with Gasteiger partial charge in [0.05, 0.1) is 6.04 Å². The first-order valence-electron chi connectivity index (χ1n) is 9.26. The number of benzene rings is 1. The van der Waals surface area contributed by atoms with Crippen LogP contribution >= 0.6 is 0 Å². The number of likely N-dealkylation sites (tertiary alicyclic amines) is 1. The van der Waals surface area contributed by atoms with Crippen LogP contribution in [0.4, 0.5) is 0 Å². The summed E-state index contributed by atoms with van der Waals surface area (Å²) in [5.74, 6) is -0.809. The summed E-state index contributed by atoms with van der Waals surface area (Å²) in [5.41, 5.74) is 6.66. The summed E-state index contributed by atoms with van der Waals surface area (Å²) in [7, 11) is 0. The van der Waals surface area contributed by atoms with Crippen LogP contribution in [0, 0.1) is 0 Å². The zero-order valence-electron chi connectivity index (χ0n) is 16.4. The smallest absolute Gasteiger partial charge is 0.245 e. The molecule has 0 bridgehead atoms. The molecule has 1 aromatic rings. The van der Waals surface area contributed by atoms with Gasteiger partial charge in [-0.3, -0.25) is 14.4 Å². The summed E-state index contributed by atoms with van der Waals surface area (Å²) in [6, 6.07) is 7.99. The van der Waals surface area contributed by atoms with Crippen LogP contribution in [0.3, 0.4) is 0 Å². The zero-order chi connectivity index (χ0) is 20.0. The molecule has 1 heterocycles. The van der Waals surface area contributed by atoms with Crippen molar-refractivity contribution in [3.63, 3.8) is 0 Å². The van der Waals surface area contributed by atoms with Crippen LogP contribution in [-0.4, -0.2) is 74.0 Å². The summed E-state index contributed by atoms with van der Waals surface area (Å²) < 4.78 is 0. The number of carbonyl (C=O) groups is 3. The van der Waals surface area contributed by atoms with Crippen LogP contribution in [0.5, 0.6) is 0 Å². The third kappa shape index (κ3) is 6.60. The van der Waals surface area contributed by atoms with Gasteiger partial charge in [-0.05, 0) is 43.6 Å². The van der Waals surface area contributed by atoms with Crippen molar-refractivity contribution in [2.24, 2.45) is 5.73 Å². The Labute approximate surface area is 173 Å². The highest BCUT2D eigenvalue weighted by atomic mass is 27.0. The average Bonchev–Trinajstić information content (AvgIpc) is 3.11. The number of nitrogens with one attached hydrogen (secondary N) is 2. The molecule has 9 heteroatoms. The monoisotopic (exact) mass is 404 g/mol. The summed E-state index contributed by atoms with van der Waals surface area (Å²) >= 11 is 2.64. The van der Waals surface area contributed by atoms with E-state index in [0.717, 1.165) is 12.0 Å². The Kier molecular flexibility index (Phi) is 9.63. The third-order valence-corrected chi connectivity index (χ3v) is 5.01. The predicted octanol–water partition coefficient (Wildman–Crippen LogP) is -1.14. The van der Waals surface area contributed by atoms with Gasteiger partial charge in [-0.15, -0.1) is 0 Å². The third-order valence-electron chi connectivity index (χ3n) is 4.61. The first-order valence-corrected chi connectivity index (χ1v) is 9.92. The van der Waals surface area contributed by atoms with E-state index in [-0.39, 0.29) is 28.1 Å². The lowest BCUT2D eigenvalue weighted by Crippen LogP contribution is -2.55. The molecule has 1 aliphatic rings. The van der Waals surface area contributed by atoms with Gasteiger partial charge in [0.1, 0.15) is 12.1 Å². The van der Waals surface area contributed by atoms with E-state index in [9.17, 15) is 14.4 Å². The molecule has 2 rings (SSSR count). The van der Waals surface area contributed by atoms with Crippen LogP contribution in [0.25, 0.3) is 0 Å². The average molecular weight is 404 g/mol. The summed E-state index contributed by atoms with van der Waals surface area (Å²) in [4.78, 5) is 38.5. The van der Waals surface area contributed by atoms with Gasteiger partial charge in [0.15, 0.2) is 16.3 Å². The maximum atomic E-state index is 12.7. The lowest BCUT2D eigenvalue weighted by atomic mass is 10.1.